The highest BCUT2D eigenvalue weighted by molar-refractivity contribution is 6.30. The number of amides is 1. The summed E-state index contributed by atoms with van der Waals surface area (Å²) in [6.07, 6.45) is 3.68. The van der Waals surface area contributed by atoms with Gasteiger partial charge in [0, 0.05) is 30.2 Å². The first-order chi connectivity index (χ1) is 12.1. The van der Waals surface area contributed by atoms with Crippen LogP contribution in [0.25, 0.3) is 0 Å². The van der Waals surface area contributed by atoms with E-state index < -0.39 is 6.10 Å². The van der Waals surface area contributed by atoms with E-state index in [-0.39, 0.29) is 24.6 Å². The maximum atomic E-state index is 12.9. The van der Waals surface area contributed by atoms with Gasteiger partial charge in [0.05, 0.1) is 6.61 Å². The molecule has 3 rings (SSSR count). The van der Waals surface area contributed by atoms with Crippen molar-refractivity contribution in [1.29, 1.82) is 0 Å². The van der Waals surface area contributed by atoms with Crippen LogP contribution in [0.3, 0.4) is 0 Å². The van der Waals surface area contributed by atoms with Crippen molar-refractivity contribution in [3.05, 3.63) is 29.3 Å². The number of likely N-dealkylation sites (tertiary alicyclic amines) is 2. The highest BCUT2D eigenvalue weighted by Crippen LogP contribution is 2.25. The van der Waals surface area contributed by atoms with Gasteiger partial charge < -0.3 is 14.7 Å². The lowest BCUT2D eigenvalue weighted by atomic mass is 10.1. The molecule has 2 aliphatic heterocycles. The van der Waals surface area contributed by atoms with Crippen molar-refractivity contribution < 1.29 is 14.6 Å². The van der Waals surface area contributed by atoms with Crippen LogP contribution in [0.15, 0.2) is 24.3 Å². The molecule has 1 N–H and O–H groups in total. The molecular weight excluding hydrogens is 340 g/mol. The third kappa shape index (κ3) is 4.46. The fourth-order valence-electron chi connectivity index (χ4n) is 3.96. The van der Waals surface area contributed by atoms with Crippen molar-refractivity contribution in [1.82, 2.24) is 9.80 Å². The summed E-state index contributed by atoms with van der Waals surface area (Å²) in [5.41, 5.74) is 0. The molecule has 3 atom stereocenters. The van der Waals surface area contributed by atoms with E-state index in [1.165, 1.54) is 0 Å². The summed E-state index contributed by atoms with van der Waals surface area (Å²) in [6, 6.07) is 7.60. The average Bonchev–Trinajstić information content (AvgIpc) is 3.23. The first-order valence-corrected chi connectivity index (χ1v) is 9.54. The lowest BCUT2D eigenvalue weighted by Crippen LogP contribution is -2.48. The molecule has 0 bridgehead atoms. The number of carbonyl (C=O) groups is 1. The number of nitrogens with zero attached hydrogens (tertiary/aromatic N) is 2. The van der Waals surface area contributed by atoms with E-state index in [2.05, 4.69) is 4.90 Å². The molecule has 1 aromatic rings. The Balaban J connectivity index is 1.60. The van der Waals surface area contributed by atoms with Gasteiger partial charge in [-0.3, -0.25) is 9.69 Å². The molecule has 2 heterocycles. The minimum Gasteiger partial charge on any atom is -0.481 e. The summed E-state index contributed by atoms with van der Waals surface area (Å²) in [5.74, 6) is 0.645. The zero-order valence-electron chi connectivity index (χ0n) is 14.7. The Hall–Kier alpha value is -1.30. The predicted molar refractivity (Wildman–Crippen MR) is 98.0 cm³/mol. The van der Waals surface area contributed by atoms with Crippen LogP contribution in [-0.2, 0) is 4.79 Å². The summed E-state index contributed by atoms with van der Waals surface area (Å²) in [4.78, 5) is 17.2. The van der Waals surface area contributed by atoms with Crippen molar-refractivity contribution in [2.45, 2.75) is 50.8 Å². The van der Waals surface area contributed by atoms with Crippen molar-refractivity contribution in [2.75, 3.05) is 26.2 Å². The quantitative estimate of drug-likeness (QED) is 0.840. The average molecular weight is 367 g/mol. The van der Waals surface area contributed by atoms with Crippen molar-refractivity contribution in [3.63, 3.8) is 0 Å². The molecule has 0 aliphatic carbocycles. The third-order valence-corrected chi connectivity index (χ3v) is 5.51. The van der Waals surface area contributed by atoms with Gasteiger partial charge in [-0.2, -0.15) is 0 Å². The second kappa shape index (κ2) is 8.39. The SMILES string of the molecule is C[C@H](Oc1cccc(Cl)c1)C(=O)N1CCC[C@@H]1CN1CCC[C@H]1CO. The van der Waals surface area contributed by atoms with Gasteiger partial charge in [0.2, 0.25) is 0 Å². The fraction of sp³-hybridized carbons (Fsp3) is 0.632. The van der Waals surface area contributed by atoms with E-state index >= 15 is 0 Å². The Labute approximate surface area is 154 Å². The minimum absolute atomic E-state index is 0.0298. The van der Waals surface area contributed by atoms with Gasteiger partial charge >= 0.3 is 0 Å². The normalized spacial score (nSPS) is 25.3. The van der Waals surface area contributed by atoms with Gasteiger partial charge in [-0.1, -0.05) is 17.7 Å². The van der Waals surface area contributed by atoms with Crippen molar-refractivity contribution in [3.8, 4) is 5.75 Å². The topological polar surface area (TPSA) is 53.0 Å². The Morgan fingerprint density at radius 1 is 1.32 bits per heavy atom. The zero-order valence-corrected chi connectivity index (χ0v) is 15.5. The van der Waals surface area contributed by atoms with Gasteiger partial charge in [0.25, 0.3) is 5.91 Å². The van der Waals surface area contributed by atoms with Crippen LogP contribution in [0.2, 0.25) is 5.02 Å². The summed E-state index contributed by atoms with van der Waals surface area (Å²) < 4.78 is 5.80. The van der Waals surface area contributed by atoms with Gasteiger partial charge in [0.1, 0.15) is 5.75 Å². The second-order valence-electron chi connectivity index (χ2n) is 7.02. The van der Waals surface area contributed by atoms with E-state index in [0.717, 1.165) is 45.3 Å². The van der Waals surface area contributed by atoms with Gasteiger partial charge in [-0.15, -0.1) is 0 Å². The Bertz CT molecular complexity index is 598. The van der Waals surface area contributed by atoms with Crippen LogP contribution in [0, 0.1) is 0 Å². The highest BCUT2D eigenvalue weighted by atomic mass is 35.5. The molecule has 0 radical (unpaired) electrons. The molecule has 0 aromatic heterocycles. The molecule has 0 spiro atoms. The standard InChI is InChI=1S/C19H27ClN2O3/c1-14(25-18-8-2-5-15(20)11-18)19(24)22-10-4-6-16(22)12-21-9-3-7-17(21)13-23/h2,5,8,11,14,16-17,23H,3-4,6-7,9-10,12-13H2,1H3/t14-,16+,17-/m0/s1. The van der Waals surface area contributed by atoms with Crippen molar-refractivity contribution in [2.24, 2.45) is 0 Å². The van der Waals surface area contributed by atoms with E-state index in [9.17, 15) is 9.90 Å². The lowest BCUT2D eigenvalue weighted by Gasteiger charge is -2.32. The molecule has 0 unspecified atom stereocenters. The van der Waals surface area contributed by atoms with Crippen LogP contribution < -0.4 is 4.74 Å². The van der Waals surface area contributed by atoms with E-state index in [1.807, 2.05) is 17.0 Å². The maximum absolute atomic E-state index is 12.9. The monoisotopic (exact) mass is 366 g/mol. The highest BCUT2D eigenvalue weighted by Gasteiger charge is 2.35. The summed E-state index contributed by atoms with van der Waals surface area (Å²) in [7, 11) is 0. The summed E-state index contributed by atoms with van der Waals surface area (Å²) in [5, 5.41) is 10.1. The molecule has 0 saturated carbocycles. The van der Waals surface area contributed by atoms with E-state index in [0.29, 0.717) is 10.8 Å². The number of aliphatic hydroxyl groups is 1. The first-order valence-electron chi connectivity index (χ1n) is 9.16. The van der Waals surface area contributed by atoms with Gasteiger partial charge in [-0.25, -0.2) is 0 Å². The van der Waals surface area contributed by atoms with Crippen LogP contribution in [0.5, 0.6) is 5.75 Å². The Morgan fingerprint density at radius 2 is 2.08 bits per heavy atom. The molecule has 2 fully saturated rings. The zero-order chi connectivity index (χ0) is 17.8. The number of carbonyl (C=O) groups excluding carboxylic acids is 1. The molecular formula is C19H27ClN2O3. The lowest BCUT2D eigenvalue weighted by molar-refractivity contribution is -0.139. The second-order valence-corrected chi connectivity index (χ2v) is 7.46. The third-order valence-electron chi connectivity index (χ3n) is 5.27. The van der Waals surface area contributed by atoms with Crippen molar-refractivity contribution >= 4 is 17.5 Å². The molecule has 5 nitrogen and oxygen atoms in total. The predicted octanol–water partition coefficient (Wildman–Crippen LogP) is 2.56. The van der Waals surface area contributed by atoms with Crippen LogP contribution in [-0.4, -0.2) is 65.2 Å². The molecule has 2 saturated heterocycles. The maximum Gasteiger partial charge on any atom is 0.263 e. The summed E-state index contributed by atoms with van der Waals surface area (Å²) in [6.45, 7) is 4.64. The Morgan fingerprint density at radius 3 is 2.84 bits per heavy atom. The number of rotatable bonds is 6. The molecule has 2 aliphatic rings. The Kier molecular flexibility index (Phi) is 6.20. The molecule has 1 amide bonds. The first kappa shape index (κ1) is 18.5. The molecule has 25 heavy (non-hydrogen) atoms. The smallest absolute Gasteiger partial charge is 0.263 e. The van der Waals surface area contributed by atoms with Gasteiger partial charge in [0.15, 0.2) is 6.10 Å². The molecule has 6 heteroatoms. The number of hydrogen-bond donors (Lipinski definition) is 1. The van der Waals surface area contributed by atoms with Crippen LogP contribution in [0.4, 0.5) is 0 Å². The van der Waals surface area contributed by atoms with Crippen LogP contribution >= 0.6 is 11.6 Å². The summed E-state index contributed by atoms with van der Waals surface area (Å²) >= 11 is 5.98. The van der Waals surface area contributed by atoms with E-state index in [1.54, 1.807) is 19.1 Å². The molecule has 1 aromatic carbocycles. The van der Waals surface area contributed by atoms with Crippen LogP contribution in [0.1, 0.15) is 32.6 Å². The number of benzene rings is 1. The molecule has 138 valence electrons. The largest absolute Gasteiger partial charge is 0.481 e. The number of hydrogen-bond acceptors (Lipinski definition) is 4. The number of halogens is 1. The minimum atomic E-state index is -0.536. The van der Waals surface area contributed by atoms with Gasteiger partial charge in [-0.05, 0) is 57.4 Å². The fourth-order valence-corrected chi connectivity index (χ4v) is 4.14. The number of aliphatic hydroxyl groups excluding tert-OH is 1. The number of ether oxygens (including phenoxy) is 1. The van der Waals surface area contributed by atoms with E-state index in [4.69, 9.17) is 16.3 Å².